The zero-order valence-electron chi connectivity index (χ0n) is 26.6. The van der Waals surface area contributed by atoms with E-state index in [1.165, 1.54) is 7.11 Å². The molecule has 1 amide bonds. The van der Waals surface area contributed by atoms with Crippen molar-refractivity contribution >= 4 is 17.8 Å². The third-order valence-corrected chi connectivity index (χ3v) is 9.06. The lowest BCUT2D eigenvalue weighted by Crippen LogP contribution is -2.54. The minimum atomic E-state index is -1.17. The number of ketones is 1. The molecule has 0 radical (unpaired) electrons. The Hall–Kier alpha value is -2.53. The highest BCUT2D eigenvalue weighted by atomic mass is 16.6. The average Bonchev–Trinajstić information content (AvgIpc) is 3.40. The number of alkyl carbamates (subject to hydrolysis) is 1. The largest absolute Gasteiger partial charge is 0.469 e. The number of carbonyl (C=O) groups excluding carboxylic acids is 3. The van der Waals surface area contributed by atoms with Gasteiger partial charge in [-0.15, -0.1) is 0 Å². The highest BCUT2D eigenvalue weighted by molar-refractivity contribution is 5.93. The van der Waals surface area contributed by atoms with E-state index in [0.29, 0.717) is 39.1 Å². The van der Waals surface area contributed by atoms with Crippen LogP contribution in [0, 0.1) is 22.7 Å². The van der Waals surface area contributed by atoms with E-state index in [1.807, 2.05) is 31.7 Å². The van der Waals surface area contributed by atoms with E-state index < -0.39 is 47.9 Å². The Morgan fingerprint density at radius 3 is 2.58 bits per heavy atom. The summed E-state index contributed by atoms with van der Waals surface area (Å²) in [5.41, 5.74) is 2.52. The summed E-state index contributed by atoms with van der Waals surface area (Å²) in [6.45, 7) is 12.2. The van der Waals surface area contributed by atoms with Gasteiger partial charge >= 0.3 is 12.1 Å². The summed E-state index contributed by atoms with van der Waals surface area (Å²) in [7, 11) is 1.31. The molecule has 10 heteroatoms. The lowest BCUT2D eigenvalue weighted by molar-refractivity contribution is -0.230. The predicted octanol–water partition coefficient (Wildman–Crippen LogP) is 4.69. The lowest BCUT2D eigenvalue weighted by atomic mass is 9.70. The fourth-order valence-electron chi connectivity index (χ4n) is 6.49. The van der Waals surface area contributed by atoms with Crippen LogP contribution in [-0.4, -0.2) is 66.7 Å². The van der Waals surface area contributed by atoms with Gasteiger partial charge in [0.05, 0.1) is 38.4 Å². The van der Waals surface area contributed by atoms with E-state index in [4.69, 9.17) is 18.9 Å². The van der Waals surface area contributed by atoms with Crippen LogP contribution in [0.3, 0.4) is 0 Å². The molecule has 43 heavy (non-hydrogen) atoms. The van der Waals surface area contributed by atoms with Gasteiger partial charge < -0.3 is 29.4 Å². The second kappa shape index (κ2) is 14.1. The number of amides is 1. The molecule has 3 heterocycles. The van der Waals surface area contributed by atoms with Gasteiger partial charge in [0.2, 0.25) is 6.41 Å². The highest BCUT2D eigenvalue weighted by Gasteiger charge is 2.46. The first-order valence-electron chi connectivity index (χ1n) is 15.6. The van der Waals surface area contributed by atoms with Crippen LogP contribution in [0.15, 0.2) is 18.2 Å². The fraction of sp³-hybridized carbons (Fsp3) is 0.727. The summed E-state index contributed by atoms with van der Waals surface area (Å²) in [6.07, 6.45) is 1.48. The Morgan fingerprint density at radius 1 is 1.12 bits per heavy atom. The standard InChI is InChI=1S/C33H50N2O8/c1-32(2,3)28-27(36)24-13-12-23(16-25(24)29(37)40-6)43-31(39)35-17-21-10-9-11-22(26(21)18-35)19-41-15-8-7-14-33(4,5)20-42-30(38)34-28/h9-11,23-25,28,31,39H,7-8,12-20H2,1-6H3,(H,34,38)/t23-,24?,25?,28+,31?/m0/s1. The van der Waals surface area contributed by atoms with Crippen molar-refractivity contribution < 1.29 is 38.4 Å². The van der Waals surface area contributed by atoms with Gasteiger partial charge in [-0.1, -0.05) is 59.2 Å². The summed E-state index contributed by atoms with van der Waals surface area (Å²) in [5, 5.41) is 13.9. The molecule has 10 nitrogen and oxygen atoms in total. The molecule has 4 aliphatic rings. The number of aliphatic hydroxyl groups excluding tert-OH is 1. The number of nitrogens with zero attached hydrogens (tertiary/aromatic N) is 1. The molecule has 5 rings (SSSR count). The Morgan fingerprint density at radius 2 is 1.86 bits per heavy atom. The van der Waals surface area contributed by atoms with Gasteiger partial charge in [0.25, 0.3) is 0 Å². The molecule has 4 unspecified atom stereocenters. The fourth-order valence-corrected chi connectivity index (χ4v) is 6.49. The molecule has 1 aromatic rings. The minimum absolute atomic E-state index is 0.215. The average molecular weight is 603 g/mol. The van der Waals surface area contributed by atoms with Crippen molar-refractivity contribution in [3.63, 3.8) is 0 Å². The number of hydrogen-bond donors (Lipinski definition) is 2. The first kappa shape index (κ1) is 33.4. The molecule has 3 aliphatic heterocycles. The number of hydrogen-bond acceptors (Lipinski definition) is 9. The molecule has 0 aromatic heterocycles. The lowest BCUT2D eigenvalue weighted by Gasteiger charge is -2.39. The van der Waals surface area contributed by atoms with Crippen LogP contribution in [0.4, 0.5) is 4.79 Å². The third kappa shape index (κ3) is 8.56. The summed E-state index contributed by atoms with van der Waals surface area (Å²) >= 11 is 0. The monoisotopic (exact) mass is 602 g/mol. The molecular weight excluding hydrogens is 552 g/mol. The van der Waals surface area contributed by atoms with Crippen LogP contribution < -0.4 is 5.32 Å². The Labute approximate surface area is 255 Å². The van der Waals surface area contributed by atoms with Crippen LogP contribution in [0.2, 0.25) is 0 Å². The summed E-state index contributed by atoms with van der Waals surface area (Å²) in [6, 6.07) is 5.28. The van der Waals surface area contributed by atoms with Gasteiger partial charge in [-0.25, -0.2) is 9.69 Å². The quantitative estimate of drug-likeness (QED) is 0.441. The number of nitrogens with one attached hydrogen (secondary N) is 1. The molecule has 2 N–H and O–H groups in total. The maximum absolute atomic E-state index is 14.0. The molecule has 4 bridgehead atoms. The van der Waals surface area contributed by atoms with Crippen molar-refractivity contribution in [3.05, 3.63) is 34.9 Å². The maximum atomic E-state index is 14.0. The number of rotatable bonds is 1. The molecule has 0 saturated heterocycles. The topological polar surface area (TPSA) is 124 Å². The zero-order chi connectivity index (χ0) is 31.4. The van der Waals surface area contributed by atoms with Gasteiger partial charge in [0, 0.05) is 25.6 Å². The van der Waals surface area contributed by atoms with Gasteiger partial charge in [0.1, 0.15) is 0 Å². The van der Waals surface area contributed by atoms with E-state index in [2.05, 4.69) is 31.3 Å². The Balaban J connectivity index is 1.57. The summed E-state index contributed by atoms with van der Waals surface area (Å²) in [5.74, 6) is -2.14. The second-order valence-electron chi connectivity index (χ2n) is 14.2. The molecule has 1 saturated carbocycles. The zero-order valence-corrected chi connectivity index (χ0v) is 26.6. The van der Waals surface area contributed by atoms with Gasteiger partial charge in [-0.3, -0.25) is 9.59 Å². The van der Waals surface area contributed by atoms with Gasteiger partial charge in [0.15, 0.2) is 5.78 Å². The molecule has 6 atom stereocenters. The van der Waals surface area contributed by atoms with E-state index in [1.54, 1.807) is 0 Å². The molecule has 0 spiro atoms. The highest BCUT2D eigenvalue weighted by Crippen LogP contribution is 2.38. The minimum Gasteiger partial charge on any atom is -0.469 e. The molecular formula is C33H50N2O8. The molecule has 1 fully saturated rings. The van der Waals surface area contributed by atoms with Crippen LogP contribution in [0.1, 0.15) is 89.8 Å². The smallest absolute Gasteiger partial charge is 0.407 e. The molecule has 240 valence electrons. The van der Waals surface area contributed by atoms with Gasteiger partial charge in [-0.2, -0.15) is 0 Å². The van der Waals surface area contributed by atoms with Gasteiger partial charge in [-0.05, 0) is 59.6 Å². The van der Waals surface area contributed by atoms with Crippen molar-refractivity contribution in [1.29, 1.82) is 0 Å². The first-order chi connectivity index (χ1) is 20.3. The van der Waals surface area contributed by atoms with E-state index in [9.17, 15) is 19.5 Å². The number of benzene rings is 1. The molecule has 1 aliphatic carbocycles. The summed E-state index contributed by atoms with van der Waals surface area (Å²) in [4.78, 5) is 41.8. The normalized spacial score (nSPS) is 31.1. The summed E-state index contributed by atoms with van der Waals surface area (Å²) < 4.78 is 22.9. The molecule has 1 aromatic carbocycles. The number of Topliss-reactive ketones (excluding diaryl/α,β-unsaturated/α-hetero) is 1. The predicted molar refractivity (Wildman–Crippen MR) is 159 cm³/mol. The van der Waals surface area contributed by atoms with Crippen molar-refractivity contribution in [2.45, 2.75) is 111 Å². The second-order valence-corrected chi connectivity index (χ2v) is 14.2. The maximum Gasteiger partial charge on any atom is 0.407 e. The Kier molecular flexibility index (Phi) is 10.9. The van der Waals surface area contributed by atoms with E-state index >= 15 is 0 Å². The van der Waals surface area contributed by atoms with Crippen molar-refractivity contribution in [2.75, 3.05) is 20.3 Å². The SMILES string of the molecule is COC(=O)C1C[C@@H]2CCC1C(=O)[C@H](C(C)(C)C)NC(=O)OCC(C)(C)CCCCOCc1cccc3c1CN(C3)C(O)O2. The number of ether oxygens (including phenoxy) is 4. The van der Waals surface area contributed by atoms with Crippen LogP contribution in [-0.2, 0) is 48.2 Å². The number of aliphatic hydroxyl groups is 1. The van der Waals surface area contributed by atoms with Crippen molar-refractivity contribution in [2.24, 2.45) is 22.7 Å². The number of methoxy groups -OCH3 is 1. The Bertz CT molecular complexity index is 1150. The van der Waals surface area contributed by atoms with Crippen LogP contribution in [0.25, 0.3) is 0 Å². The number of carbonyl (C=O) groups is 3. The van der Waals surface area contributed by atoms with Crippen LogP contribution in [0.5, 0.6) is 0 Å². The van der Waals surface area contributed by atoms with Crippen LogP contribution >= 0.6 is 0 Å². The number of esters is 1. The first-order valence-corrected chi connectivity index (χ1v) is 15.6. The van der Waals surface area contributed by atoms with Crippen molar-refractivity contribution in [3.8, 4) is 0 Å². The van der Waals surface area contributed by atoms with E-state index in [-0.39, 0.29) is 24.2 Å². The van der Waals surface area contributed by atoms with E-state index in [0.717, 1.165) is 36.0 Å². The van der Waals surface area contributed by atoms with Crippen molar-refractivity contribution in [1.82, 2.24) is 10.2 Å². The third-order valence-electron chi connectivity index (χ3n) is 9.06. The number of fused-ring (bicyclic) bond motifs is 15.